The molecule has 1 rings (SSSR count). The van der Waals surface area contributed by atoms with Crippen LogP contribution in [0.2, 0.25) is 0 Å². The number of hydrogen-bond acceptors (Lipinski definition) is 2. The van der Waals surface area contributed by atoms with E-state index in [1.165, 1.54) is 5.56 Å². The highest BCUT2D eigenvalue weighted by Gasteiger charge is 1.90. The summed E-state index contributed by atoms with van der Waals surface area (Å²) >= 11 is 4.20. The maximum Gasteiger partial charge on any atom is 0.00401 e. The molecule has 1 aromatic rings. The average Bonchev–Trinajstić information content (AvgIpc) is 2.04. The first-order valence-corrected chi connectivity index (χ1v) is 4.25. The van der Waals surface area contributed by atoms with Crippen molar-refractivity contribution in [2.75, 3.05) is 6.54 Å². The number of thiol groups is 1. The van der Waals surface area contributed by atoms with Crippen molar-refractivity contribution in [1.29, 1.82) is 0 Å². The maximum atomic E-state index is 5.39. The molecule has 0 aliphatic carbocycles. The summed E-state index contributed by atoms with van der Waals surface area (Å²) in [5.41, 5.74) is 6.73. The van der Waals surface area contributed by atoms with Gasteiger partial charge in [0.1, 0.15) is 0 Å². The van der Waals surface area contributed by atoms with Crippen LogP contribution in [0, 0.1) is 0 Å². The average molecular weight is 167 g/mol. The second kappa shape index (κ2) is 4.42. The number of benzene rings is 1. The SMILES string of the molecule is NCCCc1ccc(S)cc1. The highest BCUT2D eigenvalue weighted by atomic mass is 32.1. The van der Waals surface area contributed by atoms with Crippen LogP contribution in [0.1, 0.15) is 12.0 Å². The fraction of sp³-hybridized carbons (Fsp3) is 0.333. The van der Waals surface area contributed by atoms with E-state index in [2.05, 4.69) is 24.8 Å². The summed E-state index contributed by atoms with van der Waals surface area (Å²) in [5.74, 6) is 0. The van der Waals surface area contributed by atoms with Crippen LogP contribution in [0.25, 0.3) is 0 Å². The van der Waals surface area contributed by atoms with Gasteiger partial charge in [0.05, 0.1) is 0 Å². The Bertz CT molecular complexity index is 205. The van der Waals surface area contributed by atoms with Crippen LogP contribution in [-0.2, 0) is 6.42 Å². The van der Waals surface area contributed by atoms with E-state index < -0.39 is 0 Å². The molecule has 2 heteroatoms. The topological polar surface area (TPSA) is 26.0 Å². The predicted octanol–water partition coefficient (Wildman–Crippen LogP) is 1.87. The number of aryl methyl sites for hydroxylation is 1. The summed E-state index contributed by atoms with van der Waals surface area (Å²) in [6.45, 7) is 0.766. The van der Waals surface area contributed by atoms with Crippen molar-refractivity contribution >= 4 is 12.6 Å². The molecule has 0 amide bonds. The standard InChI is InChI=1S/C9H13NS/c10-7-1-2-8-3-5-9(11)6-4-8/h3-6,11H,1-2,7,10H2. The molecular weight excluding hydrogens is 154 g/mol. The quantitative estimate of drug-likeness (QED) is 0.660. The molecule has 0 unspecified atom stereocenters. The van der Waals surface area contributed by atoms with Gasteiger partial charge in [0.15, 0.2) is 0 Å². The molecule has 1 aromatic carbocycles. The summed E-state index contributed by atoms with van der Waals surface area (Å²) in [6.07, 6.45) is 2.14. The summed E-state index contributed by atoms with van der Waals surface area (Å²) in [6, 6.07) is 8.21. The molecule has 60 valence electrons. The molecule has 0 spiro atoms. The molecule has 0 atom stereocenters. The van der Waals surface area contributed by atoms with Crippen molar-refractivity contribution in [2.45, 2.75) is 17.7 Å². The van der Waals surface area contributed by atoms with Gasteiger partial charge in [-0.3, -0.25) is 0 Å². The van der Waals surface area contributed by atoms with Crippen LogP contribution in [-0.4, -0.2) is 6.54 Å². The zero-order valence-electron chi connectivity index (χ0n) is 6.46. The van der Waals surface area contributed by atoms with Crippen molar-refractivity contribution in [3.8, 4) is 0 Å². The molecule has 0 saturated heterocycles. The number of nitrogens with two attached hydrogens (primary N) is 1. The second-order valence-corrected chi connectivity index (χ2v) is 3.08. The van der Waals surface area contributed by atoms with Crippen LogP contribution >= 0.6 is 12.6 Å². The first-order chi connectivity index (χ1) is 5.33. The molecule has 0 bridgehead atoms. The zero-order valence-corrected chi connectivity index (χ0v) is 7.35. The van der Waals surface area contributed by atoms with E-state index in [1.807, 2.05) is 12.1 Å². The molecule has 1 nitrogen and oxygen atoms in total. The highest BCUT2D eigenvalue weighted by Crippen LogP contribution is 2.08. The fourth-order valence-corrected chi connectivity index (χ4v) is 1.12. The van der Waals surface area contributed by atoms with E-state index in [9.17, 15) is 0 Å². The fourth-order valence-electron chi connectivity index (χ4n) is 0.969. The first-order valence-electron chi connectivity index (χ1n) is 3.81. The highest BCUT2D eigenvalue weighted by molar-refractivity contribution is 7.80. The minimum absolute atomic E-state index is 0.766. The van der Waals surface area contributed by atoms with Gasteiger partial charge in [-0.15, -0.1) is 12.6 Å². The third-order valence-corrected chi connectivity index (χ3v) is 1.90. The largest absolute Gasteiger partial charge is 0.330 e. The van der Waals surface area contributed by atoms with Gasteiger partial charge in [0.2, 0.25) is 0 Å². The molecule has 0 heterocycles. The summed E-state index contributed by atoms with van der Waals surface area (Å²) in [5, 5.41) is 0. The van der Waals surface area contributed by atoms with Gasteiger partial charge < -0.3 is 5.73 Å². The molecular formula is C9H13NS. The third kappa shape index (κ3) is 2.95. The van der Waals surface area contributed by atoms with E-state index in [0.717, 1.165) is 24.3 Å². The first kappa shape index (κ1) is 8.62. The Balaban J connectivity index is 2.52. The number of hydrogen-bond donors (Lipinski definition) is 2. The van der Waals surface area contributed by atoms with Crippen molar-refractivity contribution in [2.24, 2.45) is 5.73 Å². The molecule has 11 heavy (non-hydrogen) atoms. The Morgan fingerprint density at radius 1 is 1.18 bits per heavy atom. The van der Waals surface area contributed by atoms with Crippen LogP contribution < -0.4 is 5.73 Å². The van der Waals surface area contributed by atoms with Gasteiger partial charge in [0.25, 0.3) is 0 Å². The van der Waals surface area contributed by atoms with E-state index in [-0.39, 0.29) is 0 Å². The van der Waals surface area contributed by atoms with Crippen LogP contribution in [0.15, 0.2) is 29.2 Å². The van der Waals surface area contributed by atoms with Crippen molar-refractivity contribution in [3.63, 3.8) is 0 Å². The lowest BCUT2D eigenvalue weighted by Gasteiger charge is -1.98. The van der Waals surface area contributed by atoms with Crippen molar-refractivity contribution in [1.82, 2.24) is 0 Å². The molecule has 2 N–H and O–H groups in total. The predicted molar refractivity (Wildman–Crippen MR) is 51.1 cm³/mol. The minimum Gasteiger partial charge on any atom is -0.330 e. The van der Waals surface area contributed by atoms with Crippen LogP contribution in [0.5, 0.6) is 0 Å². The number of rotatable bonds is 3. The Morgan fingerprint density at radius 3 is 2.36 bits per heavy atom. The Labute approximate surface area is 73.0 Å². The zero-order chi connectivity index (χ0) is 8.10. The molecule has 0 saturated carbocycles. The van der Waals surface area contributed by atoms with Gasteiger partial charge >= 0.3 is 0 Å². The monoisotopic (exact) mass is 167 g/mol. The maximum absolute atomic E-state index is 5.39. The lowest BCUT2D eigenvalue weighted by Crippen LogP contribution is -1.99. The van der Waals surface area contributed by atoms with E-state index in [4.69, 9.17) is 5.73 Å². The smallest absolute Gasteiger partial charge is 0.00401 e. The Kier molecular flexibility index (Phi) is 3.46. The molecule has 0 aliphatic rings. The van der Waals surface area contributed by atoms with Crippen molar-refractivity contribution in [3.05, 3.63) is 29.8 Å². The van der Waals surface area contributed by atoms with E-state index >= 15 is 0 Å². The van der Waals surface area contributed by atoms with Gasteiger partial charge in [-0.1, -0.05) is 12.1 Å². The summed E-state index contributed by atoms with van der Waals surface area (Å²) in [4.78, 5) is 1.02. The van der Waals surface area contributed by atoms with Crippen LogP contribution in [0.3, 0.4) is 0 Å². The molecule has 0 radical (unpaired) electrons. The van der Waals surface area contributed by atoms with Gasteiger partial charge in [-0.2, -0.15) is 0 Å². The second-order valence-electron chi connectivity index (χ2n) is 2.56. The molecule has 0 aliphatic heterocycles. The molecule has 0 fully saturated rings. The normalized spacial score (nSPS) is 10.0. The van der Waals surface area contributed by atoms with Gasteiger partial charge in [-0.05, 0) is 37.1 Å². The molecule has 0 aromatic heterocycles. The summed E-state index contributed by atoms with van der Waals surface area (Å²) < 4.78 is 0. The lowest BCUT2D eigenvalue weighted by molar-refractivity contribution is 0.832. The Hall–Kier alpha value is -0.470. The van der Waals surface area contributed by atoms with Crippen LogP contribution in [0.4, 0.5) is 0 Å². The summed E-state index contributed by atoms with van der Waals surface area (Å²) in [7, 11) is 0. The van der Waals surface area contributed by atoms with E-state index in [0.29, 0.717) is 0 Å². The third-order valence-electron chi connectivity index (χ3n) is 1.61. The van der Waals surface area contributed by atoms with Crippen molar-refractivity contribution < 1.29 is 0 Å². The van der Waals surface area contributed by atoms with E-state index in [1.54, 1.807) is 0 Å². The lowest BCUT2D eigenvalue weighted by atomic mass is 10.1. The van der Waals surface area contributed by atoms with Gasteiger partial charge in [-0.25, -0.2) is 0 Å². The van der Waals surface area contributed by atoms with Gasteiger partial charge in [0, 0.05) is 4.90 Å². The minimum atomic E-state index is 0.766. The Morgan fingerprint density at radius 2 is 1.82 bits per heavy atom.